The molecule has 0 saturated heterocycles. The van der Waals surface area contributed by atoms with Gasteiger partial charge in [0.05, 0.1) is 18.0 Å². The molecule has 1 aromatic heterocycles. The van der Waals surface area contributed by atoms with Crippen LogP contribution in [0.1, 0.15) is 5.56 Å². The molecule has 0 aliphatic carbocycles. The molecule has 23 heavy (non-hydrogen) atoms. The van der Waals surface area contributed by atoms with Gasteiger partial charge in [-0.3, -0.25) is 0 Å². The van der Waals surface area contributed by atoms with Gasteiger partial charge < -0.3 is 5.32 Å². The molecule has 1 heterocycles. The summed E-state index contributed by atoms with van der Waals surface area (Å²) in [5.41, 5.74) is 2.21. The predicted molar refractivity (Wildman–Crippen MR) is 91.8 cm³/mol. The molecule has 2 aromatic carbocycles. The molecule has 0 aliphatic heterocycles. The Balaban J connectivity index is 1.47. The molecule has 3 aromatic rings. The average Bonchev–Trinajstić information content (AvgIpc) is 3.04. The lowest BCUT2D eigenvalue weighted by Gasteiger charge is -2.04. The quantitative estimate of drug-likeness (QED) is 0.526. The van der Waals surface area contributed by atoms with E-state index < -0.39 is 0 Å². The van der Waals surface area contributed by atoms with Crippen molar-refractivity contribution >= 4 is 23.4 Å². The van der Waals surface area contributed by atoms with E-state index in [1.54, 1.807) is 16.4 Å². The largest absolute Gasteiger partial charge is 0.342 e. The summed E-state index contributed by atoms with van der Waals surface area (Å²) in [5.74, 6) is 0.938. The van der Waals surface area contributed by atoms with E-state index in [9.17, 15) is 0 Å². The van der Waals surface area contributed by atoms with Crippen LogP contribution in [0.2, 0.25) is 5.02 Å². The van der Waals surface area contributed by atoms with Gasteiger partial charge in [-0.15, -0.1) is 5.10 Å². The number of quaternary nitrogens is 1. The van der Waals surface area contributed by atoms with Crippen molar-refractivity contribution in [2.24, 2.45) is 0 Å². The van der Waals surface area contributed by atoms with Crippen molar-refractivity contribution < 1.29 is 5.32 Å². The Morgan fingerprint density at radius 2 is 1.96 bits per heavy atom. The summed E-state index contributed by atoms with van der Waals surface area (Å²) >= 11 is 7.64. The van der Waals surface area contributed by atoms with Gasteiger partial charge in [-0.1, -0.05) is 53.7 Å². The van der Waals surface area contributed by atoms with Gasteiger partial charge in [0.15, 0.2) is 0 Å². The zero-order valence-electron chi connectivity index (χ0n) is 12.5. The fourth-order valence-electron chi connectivity index (χ4n) is 2.17. The molecule has 7 heteroatoms. The number of nitrogens with two attached hydrogens (primary N) is 1. The molecule has 3 rings (SSSR count). The number of rotatable bonds is 7. The summed E-state index contributed by atoms with van der Waals surface area (Å²) in [6.45, 7) is 1.91. The number of hydrogen-bond acceptors (Lipinski definition) is 4. The van der Waals surface area contributed by atoms with Crippen LogP contribution < -0.4 is 5.32 Å². The lowest BCUT2D eigenvalue weighted by atomic mass is 10.2. The molecule has 0 bridgehead atoms. The Bertz CT molecular complexity index is 747. The Morgan fingerprint density at radius 3 is 2.78 bits per heavy atom. The number of para-hydroxylation sites is 1. The van der Waals surface area contributed by atoms with Crippen molar-refractivity contribution in [2.75, 3.05) is 12.3 Å². The highest BCUT2D eigenvalue weighted by atomic mass is 35.5. The normalized spacial score (nSPS) is 10.8. The highest BCUT2D eigenvalue weighted by molar-refractivity contribution is 7.99. The first-order chi connectivity index (χ1) is 11.3. The SMILES string of the molecule is Clc1cccc(C[NH2+]CCSc2nnnn2-c2ccccc2)c1. The second-order valence-corrected chi connectivity index (χ2v) is 6.47. The average molecular weight is 347 g/mol. The van der Waals surface area contributed by atoms with E-state index in [-0.39, 0.29) is 0 Å². The topological polar surface area (TPSA) is 60.2 Å². The first kappa shape index (κ1) is 16.0. The van der Waals surface area contributed by atoms with Crippen LogP contribution in [0.5, 0.6) is 0 Å². The number of halogens is 1. The van der Waals surface area contributed by atoms with Crippen LogP contribution in [0.4, 0.5) is 0 Å². The molecule has 0 saturated carbocycles. The second-order valence-electron chi connectivity index (χ2n) is 4.97. The van der Waals surface area contributed by atoms with Crippen LogP contribution in [-0.2, 0) is 6.54 Å². The van der Waals surface area contributed by atoms with Crippen LogP contribution in [0.25, 0.3) is 5.69 Å². The molecule has 0 fully saturated rings. The maximum Gasteiger partial charge on any atom is 0.214 e. The van der Waals surface area contributed by atoms with Gasteiger partial charge in [0.25, 0.3) is 0 Å². The first-order valence-corrected chi connectivity index (χ1v) is 8.72. The molecule has 0 radical (unpaired) electrons. The fraction of sp³-hybridized carbons (Fsp3) is 0.188. The summed E-state index contributed by atoms with van der Waals surface area (Å²) in [4.78, 5) is 0. The van der Waals surface area contributed by atoms with Crippen LogP contribution in [0.15, 0.2) is 59.8 Å². The van der Waals surface area contributed by atoms with E-state index in [4.69, 9.17) is 11.6 Å². The molecule has 5 nitrogen and oxygen atoms in total. The minimum absolute atomic E-state index is 0.785. The van der Waals surface area contributed by atoms with Gasteiger partial charge in [-0.25, -0.2) is 0 Å². The highest BCUT2D eigenvalue weighted by Crippen LogP contribution is 2.16. The van der Waals surface area contributed by atoms with Crippen LogP contribution in [0, 0.1) is 0 Å². The fourth-order valence-corrected chi connectivity index (χ4v) is 3.20. The van der Waals surface area contributed by atoms with Gasteiger partial charge in [-0.2, -0.15) is 4.68 Å². The first-order valence-electron chi connectivity index (χ1n) is 7.35. The number of aromatic nitrogens is 4. The molecule has 118 valence electrons. The minimum atomic E-state index is 0.785. The Hall–Kier alpha value is -1.89. The van der Waals surface area contributed by atoms with Crippen molar-refractivity contribution in [1.82, 2.24) is 20.2 Å². The molecule has 0 atom stereocenters. The zero-order valence-corrected chi connectivity index (χ0v) is 14.0. The third kappa shape index (κ3) is 4.54. The van der Waals surface area contributed by atoms with Crippen LogP contribution in [-0.4, -0.2) is 32.5 Å². The Kier molecular flexibility index (Phi) is 5.63. The van der Waals surface area contributed by atoms with E-state index >= 15 is 0 Å². The minimum Gasteiger partial charge on any atom is -0.342 e. The van der Waals surface area contributed by atoms with E-state index in [0.717, 1.165) is 34.7 Å². The molecule has 0 aliphatic rings. The summed E-state index contributed by atoms with van der Waals surface area (Å²) in [6, 6.07) is 17.9. The van der Waals surface area contributed by atoms with Crippen molar-refractivity contribution in [2.45, 2.75) is 11.7 Å². The second kappa shape index (κ2) is 8.10. The summed E-state index contributed by atoms with van der Waals surface area (Å²) in [7, 11) is 0. The van der Waals surface area contributed by atoms with Crippen molar-refractivity contribution in [3.63, 3.8) is 0 Å². The number of hydrogen-bond donors (Lipinski definition) is 1. The van der Waals surface area contributed by atoms with Crippen molar-refractivity contribution in [1.29, 1.82) is 0 Å². The van der Waals surface area contributed by atoms with Crippen molar-refractivity contribution in [3.8, 4) is 5.69 Å². The summed E-state index contributed by atoms with van der Waals surface area (Å²) in [5, 5.41) is 15.8. The molecule has 0 unspecified atom stereocenters. The maximum absolute atomic E-state index is 5.99. The number of thioether (sulfide) groups is 1. The highest BCUT2D eigenvalue weighted by Gasteiger charge is 2.08. The molecular weight excluding hydrogens is 330 g/mol. The van der Waals surface area contributed by atoms with Gasteiger partial charge in [0.2, 0.25) is 5.16 Å². The van der Waals surface area contributed by atoms with E-state index in [0.29, 0.717) is 0 Å². The molecule has 0 amide bonds. The standard InChI is InChI=1S/C16H16ClN5S/c17-14-6-4-5-13(11-14)12-18-9-10-23-16-19-20-21-22(16)15-7-2-1-3-8-15/h1-8,11,18H,9-10,12H2/p+1. The molecule has 0 spiro atoms. The summed E-state index contributed by atoms with van der Waals surface area (Å²) in [6.07, 6.45) is 0. The Labute approximate surface area is 144 Å². The summed E-state index contributed by atoms with van der Waals surface area (Å²) < 4.78 is 1.77. The van der Waals surface area contributed by atoms with Crippen LogP contribution in [0.3, 0.4) is 0 Å². The molecular formula is C16H17ClN5S+. The van der Waals surface area contributed by atoms with Crippen LogP contribution >= 0.6 is 23.4 Å². The maximum atomic E-state index is 5.99. The van der Waals surface area contributed by atoms with E-state index in [1.807, 2.05) is 48.5 Å². The lowest BCUT2D eigenvalue weighted by molar-refractivity contribution is -0.666. The zero-order chi connectivity index (χ0) is 15.9. The van der Waals surface area contributed by atoms with Crippen molar-refractivity contribution in [3.05, 3.63) is 65.2 Å². The van der Waals surface area contributed by atoms with Gasteiger partial charge in [0.1, 0.15) is 6.54 Å². The van der Waals surface area contributed by atoms with Gasteiger partial charge in [-0.05, 0) is 34.7 Å². The van der Waals surface area contributed by atoms with E-state index in [2.05, 4.69) is 26.9 Å². The number of tetrazole rings is 1. The monoisotopic (exact) mass is 346 g/mol. The van der Waals surface area contributed by atoms with E-state index in [1.165, 1.54) is 5.56 Å². The third-order valence-corrected chi connectivity index (χ3v) is 4.45. The predicted octanol–water partition coefficient (Wildman–Crippen LogP) is 2.17. The Morgan fingerprint density at radius 1 is 1.09 bits per heavy atom. The smallest absolute Gasteiger partial charge is 0.214 e. The van der Waals surface area contributed by atoms with Gasteiger partial charge in [0, 0.05) is 10.6 Å². The lowest BCUT2D eigenvalue weighted by Crippen LogP contribution is -2.83. The number of nitrogens with zero attached hydrogens (tertiary/aromatic N) is 4. The third-order valence-electron chi connectivity index (χ3n) is 3.26. The molecule has 2 N–H and O–H groups in total. The number of benzene rings is 2. The van der Waals surface area contributed by atoms with Gasteiger partial charge >= 0.3 is 0 Å².